The van der Waals surface area contributed by atoms with Gasteiger partial charge in [0.05, 0.1) is 12.1 Å². The van der Waals surface area contributed by atoms with Crippen LogP contribution in [-0.4, -0.2) is 18.7 Å². The van der Waals surface area contributed by atoms with E-state index in [9.17, 15) is 14.0 Å². The molecular weight excluding hydrogens is 455 g/mol. The molecule has 0 aliphatic rings. The molecular formula is C27H22ClFN2O3. The van der Waals surface area contributed by atoms with E-state index in [4.69, 9.17) is 27.8 Å². The van der Waals surface area contributed by atoms with Gasteiger partial charge in [-0.1, -0.05) is 66.2 Å². The molecule has 0 saturated carbocycles. The molecule has 7 heteroatoms. The largest absolute Gasteiger partial charge is 0.494 e. The van der Waals surface area contributed by atoms with Gasteiger partial charge < -0.3 is 16.2 Å². The summed E-state index contributed by atoms with van der Waals surface area (Å²) in [6.07, 6.45) is 0. The third-order valence-electron chi connectivity index (χ3n) is 4.93. The number of para-hydroxylation sites is 1. The van der Waals surface area contributed by atoms with E-state index in [1.54, 1.807) is 48.5 Å². The van der Waals surface area contributed by atoms with Gasteiger partial charge in [-0.15, -0.1) is 0 Å². The Morgan fingerprint density at radius 2 is 1.32 bits per heavy atom. The molecule has 0 aromatic heterocycles. The van der Waals surface area contributed by atoms with Crippen LogP contribution < -0.4 is 16.2 Å². The molecule has 4 rings (SSSR count). The average molecular weight is 477 g/mol. The van der Waals surface area contributed by atoms with E-state index in [1.165, 1.54) is 13.2 Å². The highest BCUT2D eigenvalue weighted by Gasteiger charge is 2.18. The van der Waals surface area contributed by atoms with Crippen molar-refractivity contribution in [1.29, 1.82) is 0 Å². The second-order valence-corrected chi connectivity index (χ2v) is 7.57. The van der Waals surface area contributed by atoms with Gasteiger partial charge in [0.25, 0.3) is 0 Å². The van der Waals surface area contributed by atoms with Gasteiger partial charge in [0.2, 0.25) is 0 Å². The van der Waals surface area contributed by atoms with Crippen molar-refractivity contribution < 1.29 is 18.7 Å². The molecule has 0 aliphatic carbocycles. The molecule has 4 aromatic rings. The van der Waals surface area contributed by atoms with E-state index in [0.29, 0.717) is 21.8 Å². The molecule has 4 N–H and O–H groups in total. The van der Waals surface area contributed by atoms with Gasteiger partial charge in [-0.3, -0.25) is 9.59 Å². The van der Waals surface area contributed by atoms with Crippen molar-refractivity contribution in [2.24, 2.45) is 0 Å². The Morgan fingerprint density at radius 3 is 1.94 bits per heavy atom. The van der Waals surface area contributed by atoms with Crippen LogP contribution in [0.15, 0.2) is 91.0 Å². The lowest BCUT2D eigenvalue weighted by atomic mass is 10.0. The molecule has 0 atom stereocenters. The van der Waals surface area contributed by atoms with E-state index in [2.05, 4.69) is 0 Å². The zero-order valence-corrected chi connectivity index (χ0v) is 19.1. The predicted octanol–water partition coefficient (Wildman–Crippen LogP) is 5.80. The SMILES string of the molecule is COc1cc(N)c(C(=O)c2ccccc2Cl)cc1F.Nc1ccccc1C(=O)c1ccccc1. The molecule has 5 nitrogen and oxygen atoms in total. The molecule has 4 aromatic carbocycles. The molecule has 0 fully saturated rings. The van der Waals surface area contributed by atoms with Crippen LogP contribution in [-0.2, 0) is 0 Å². The van der Waals surface area contributed by atoms with Crippen molar-refractivity contribution >= 4 is 34.5 Å². The highest BCUT2D eigenvalue weighted by molar-refractivity contribution is 6.35. The average Bonchev–Trinajstić information content (AvgIpc) is 2.86. The minimum Gasteiger partial charge on any atom is -0.494 e. The van der Waals surface area contributed by atoms with Gasteiger partial charge in [0, 0.05) is 39.7 Å². The predicted molar refractivity (Wildman–Crippen MR) is 133 cm³/mol. The number of hydrogen-bond donors (Lipinski definition) is 2. The number of rotatable bonds is 5. The fraction of sp³-hybridized carbons (Fsp3) is 0.0370. The van der Waals surface area contributed by atoms with Crippen molar-refractivity contribution in [1.82, 2.24) is 0 Å². The summed E-state index contributed by atoms with van der Waals surface area (Å²) in [4.78, 5) is 24.3. The highest BCUT2D eigenvalue weighted by Crippen LogP contribution is 2.27. The first-order valence-electron chi connectivity index (χ1n) is 10.2. The standard InChI is InChI=1S/C14H11ClFNO2.C13H11NO/c1-19-13-7-12(17)9(6-11(13)16)14(18)8-4-2-3-5-10(8)15;14-12-9-5-4-8-11(12)13(15)10-6-2-1-3-7-10/h2-7H,17H2,1H3;1-9H,14H2. The van der Waals surface area contributed by atoms with Gasteiger partial charge in [0.1, 0.15) is 0 Å². The number of ether oxygens (including phenoxy) is 1. The summed E-state index contributed by atoms with van der Waals surface area (Å²) < 4.78 is 18.4. The molecule has 0 radical (unpaired) electrons. The number of nitrogen functional groups attached to an aromatic ring is 2. The first-order chi connectivity index (χ1) is 16.3. The number of carbonyl (C=O) groups is 2. The molecule has 0 amide bonds. The Labute approximate surface area is 201 Å². The highest BCUT2D eigenvalue weighted by atomic mass is 35.5. The van der Waals surface area contributed by atoms with Crippen LogP contribution in [0, 0.1) is 5.82 Å². The van der Waals surface area contributed by atoms with Gasteiger partial charge in [-0.25, -0.2) is 4.39 Å². The van der Waals surface area contributed by atoms with Crippen molar-refractivity contribution in [3.8, 4) is 5.75 Å². The maximum absolute atomic E-state index is 13.6. The summed E-state index contributed by atoms with van der Waals surface area (Å²) in [5.74, 6) is -1.11. The lowest BCUT2D eigenvalue weighted by molar-refractivity contribution is 0.103. The molecule has 0 unspecified atom stereocenters. The molecule has 34 heavy (non-hydrogen) atoms. The fourth-order valence-corrected chi connectivity index (χ4v) is 3.38. The Morgan fingerprint density at radius 1 is 0.735 bits per heavy atom. The second-order valence-electron chi connectivity index (χ2n) is 7.17. The van der Waals surface area contributed by atoms with Crippen LogP contribution in [0.4, 0.5) is 15.8 Å². The fourth-order valence-electron chi connectivity index (χ4n) is 3.16. The summed E-state index contributed by atoms with van der Waals surface area (Å²) in [5.41, 5.74) is 13.7. The van der Waals surface area contributed by atoms with Gasteiger partial charge >= 0.3 is 0 Å². The van der Waals surface area contributed by atoms with Crippen molar-refractivity contribution in [3.63, 3.8) is 0 Å². The second kappa shape index (κ2) is 11.1. The number of carbonyl (C=O) groups excluding carboxylic acids is 2. The Kier molecular flexibility index (Phi) is 8.01. The maximum atomic E-state index is 13.6. The van der Waals surface area contributed by atoms with E-state index in [-0.39, 0.29) is 28.3 Å². The van der Waals surface area contributed by atoms with E-state index < -0.39 is 11.6 Å². The normalized spacial score (nSPS) is 10.1. The third kappa shape index (κ3) is 5.60. The summed E-state index contributed by atoms with van der Waals surface area (Å²) in [6.45, 7) is 0. The Balaban J connectivity index is 0.000000196. The van der Waals surface area contributed by atoms with Crippen LogP contribution in [0.25, 0.3) is 0 Å². The molecule has 172 valence electrons. The van der Waals surface area contributed by atoms with Gasteiger partial charge in [0.15, 0.2) is 23.1 Å². The summed E-state index contributed by atoms with van der Waals surface area (Å²) in [6, 6.07) is 25.1. The molecule has 0 aliphatic heterocycles. The lowest BCUT2D eigenvalue weighted by Gasteiger charge is -2.09. The number of ketones is 2. The zero-order valence-electron chi connectivity index (χ0n) is 18.3. The first kappa shape index (κ1) is 24.5. The minimum absolute atomic E-state index is 0.00629. The van der Waals surface area contributed by atoms with Gasteiger partial charge in [-0.05, 0) is 30.3 Å². The van der Waals surface area contributed by atoms with Crippen LogP contribution in [0.2, 0.25) is 5.02 Å². The summed E-state index contributed by atoms with van der Waals surface area (Å²) >= 11 is 5.94. The number of anilines is 2. The lowest BCUT2D eigenvalue weighted by Crippen LogP contribution is -2.07. The van der Waals surface area contributed by atoms with Crippen molar-refractivity contribution in [2.75, 3.05) is 18.6 Å². The van der Waals surface area contributed by atoms with E-state index >= 15 is 0 Å². The topological polar surface area (TPSA) is 95.4 Å². The zero-order chi connectivity index (χ0) is 24.7. The summed E-state index contributed by atoms with van der Waals surface area (Å²) in [5, 5.41) is 0.295. The Bertz CT molecular complexity index is 1330. The van der Waals surface area contributed by atoms with Crippen LogP contribution >= 0.6 is 11.6 Å². The number of methoxy groups -OCH3 is 1. The molecule has 0 spiro atoms. The quantitative estimate of drug-likeness (QED) is 0.280. The molecule has 0 heterocycles. The van der Waals surface area contributed by atoms with E-state index in [1.807, 2.05) is 30.3 Å². The van der Waals surface area contributed by atoms with Crippen molar-refractivity contribution in [3.05, 3.63) is 124 Å². The number of benzene rings is 4. The smallest absolute Gasteiger partial charge is 0.196 e. The molecule has 0 saturated heterocycles. The minimum atomic E-state index is -0.646. The van der Waals surface area contributed by atoms with Gasteiger partial charge in [-0.2, -0.15) is 0 Å². The van der Waals surface area contributed by atoms with Crippen LogP contribution in [0.3, 0.4) is 0 Å². The van der Waals surface area contributed by atoms with E-state index in [0.717, 1.165) is 6.07 Å². The number of hydrogen-bond acceptors (Lipinski definition) is 5. The number of halogens is 2. The monoisotopic (exact) mass is 476 g/mol. The molecule has 0 bridgehead atoms. The first-order valence-corrected chi connectivity index (χ1v) is 10.6. The third-order valence-corrected chi connectivity index (χ3v) is 5.26. The van der Waals surface area contributed by atoms with Crippen LogP contribution in [0.5, 0.6) is 5.75 Å². The summed E-state index contributed by atoms with van der Waals surface area (Å²) in [7, 11) is 1.33. The maximum Gasteiger partial charge on any atom is 0.196 e. The Hall–Kier alpha value is -4.16. The number of nitrogens with two attached hydrogens (primary N) is 2. The van der Waals surface area contributed by atoms with Crippen molar-refractivity contribution in [2.45, 2.75) is 0 Å². The van der Waals surface area contributed by atoms with Crippen LogP contribution in [0.1, 0.15) is 31.8 Å².